The molecule has 2 aliphatic heterocycles. The van der Waals surface area contributed by atoms with Gasteiger partial charge in [0.1, 0.15) is 0 Å². The number of esters is 1. The smallest absolute Gasteiger partial charge is 0.340 e. The summed E-state index contributed by atoms with van der Waals surface area (Å²) in [6.07, 6.45) is 4.25. The fourth-order valence-electron chi connectivity index (χ4n) is 3.89. The van der Waals surface area contributed by atoms with E-state index in [0.717, 1.165) is 55.6 Å². The number of carbonyl (C=O) groups excluding carboxylic acids is 2. The van der Waals surface area contributed by atoms with Crippen LogP contribution in [0.2, 0.25) is 0 Å². The van der Waals surface area contributed by atoms with Crippen molar-refractivity contribution < 1.29 is 14.3 Å². The van der Waals surface area contributed by atoms with Crippen LogP contribution in [0.5, 0.6) is 0 Å². The third kappa shape index (κ3) is 3.80. The fraction of sp³-hybridized carbons (Fsp3) is 0.600. The lowest BCUT2D eigenvalue weighted by atomic mass is 9.89. The maximum atomic E-state index is 12.6. The minimum absolute atomic E-state index is 0.0941. The van der Waals surface area contributed by atoms with Gasteiger partial charge in [-0.25, -0.2) is 4.79 Å². The van der Waals surface area contributed by atoms with Gasteiger partial charge in [-0.05, 0) is 62.6 Å². The molecule has 3 rings (SSSR count). The summed E-state index contributed by atoms with van der Waals surface area (Å²) >= 11 is 0. The second-order valence-electron chi connectivity index (χ2n) is 7.40. The van der Waals surface area contributed by atoms with Crippen LogP contribution >= 0.6 is 0 Å². The first-order valence-electron chi connectivity index (χ1n) is 9.32. The molecule has 136 valence electrons. The van der Waals surface area contributed by atoms with Crippen LogP contribution in [0, 0.1) is 6.92 Å². The third-order valence-electron chi connectivity index (χ3n) is 5.39. The summed E-state index contributed by atoms with van der Waals surface area (Å²) in [5, 5.41) is 3.33. The molecule has 2 aliphatic rings. The first-order chi connectivity index (χ1) is 12.0. The monoisotopic (exact) mass is 344 g/mol. The molecule has 25 heavy (non-hydrogen) atoms. The predicted octanol–water partition coefficient (Wildman–Crippen LogP) is 3.47. The van der Waals surface area contributed by atoms with Crippen molar-refractivity contribution >= 4 is 17.6 Å². The summed E-state index contributed by atoms with van der Waals surface area (Å²) in [5.41, 5.74) is 3.61. The van der Waals surface area contributed by atoms with E-state index in [1.54, 1.807) is 0 Å². The molecule has 1 amide bonds. The summed E-state index contributed by atoms with van der Waals surface area (Å²) in [6.45, 7) is 7.65. The highest BCUT2D eigenvalue weighted by Gasteiger charge is 2.26. The molecule has 5 nitrogen and oxygen atoms in total. The van der Waals surface area contributed by atoms with Crippen LogP contribution in [-0.4, -0.2) is 42.5 Å². The Bertz CT molecular complexity index is 671. The highest BCUT2D eigenvalue weighted by Crippen LogP contribution is 2.35. The molecule has 2 atom stereocenters. The molecule has 2 heterocycles. The van der Waals surface area contributed by atoms with Crippen molar-refractivity contribution in [3.05, 3.63) is 28.8 Å². The molecule has 1 fully saturated rings. The highest BCUT2D eigenvalue weighted by atomic mass is 16.5. The lowest BCUT2D eigenvalue weighted by molar-refractivity contribution is -0.137. The van der Waals surface area contributed by atoms with Crippen molar-refractivity contribution in [2.24, 2.45) is 0 Å². The molecule has 0 unspecified atom stereocenters. The van der Waals surface area contributed by atoms with E-state index in [0.29, 0.717) is 11.5 Å². The largest absolute Gasteiger partial charge is 0.452 e. The Morgan fingerprint density at radius 2 is 2.04 bits per heavy atom. The van der Waals surface area contributed by atoms with Crippen LogP contribution in [0.25, 0.3) is 0 Å². The zero-order valence-electron chi connectivity index (χ0n) is 15.4. The Labute approximate surface area is 149 Å². The summed E-state index contributed by atoms with van der Waals surface area (Å²) in [7, 11) is 0. The molecule has 1 aromatic rings. The average Bonchev–Trinajstić information content (AvgIpc) is 2.60. The Morgan fingerprint density at radius 3 is 2.80 bits per heavy atom. The number of likely N-dealkylation sites (tertiary alicyclic amines) is 1. The molecule has 1 saturated heterocycles. The molecule has 0 aromatic heterocycles. The minimum atomic E-state index is -0.417. The van der Waals surface area contributed by atoms with Crippen LogP contribution in [0.1, 0.15) is 66.9 Å². The lowest BCUT2D eigenvalue weighted by Crippen LogP contribution is -2.44. The molecule has 5 heteroatoms. The van der Waals surface area contributed by atoms with Gasteiger partial charge < -0.3 is 15.0 Å². The van der Waals surface area contributed by atoms with E-state index in [-0.39, 0.29) is 18.6 Å². The number of nitrogens with zero attached hydrogens (tertiary/aromatic N) is 1. The van der Waals surface area contributed by atoms with E-state index in [1.807, 2.05) is 17.9 Å². The normalized spacial score (nSPS) is 22.8. The number of anilines is 1. The van der Waals surface area contributed by atoms with E-state index in [4.69, 9.17) is 4.74 Å². The number of nitrogens with one attached hydrogen (secondary N) is 1. The van der Waals surface area contributed by atoms with Crippen LogP contribution < -0.4 is 5.32 Å². The second kappa shape index (κ2) is 7.46. The van der Waals surface area contributed by atoms with Crippen LogP contribution in [0.3, 0.4) is 0 Å². The SMILES string of the molecule is Cc1cc(C(=O)OCC(=O)N2CCCC[C@@H]2C)c2c(c1)[C@@H](C)CCN2. The predicted molar refractivity (Wildman–Crippen MR) is 98.0 cm³/mol. The summed E-state index contributed by atoms with van der Waals surface area (Å²) in [4.78, 5) is 26.8. The molecular formula is C20H28N2O3. The van der Waals surface area contributed by atoms with Gasteiger partial charge in [0.25, 0.3) is 5.91 Å². The van der Waals surface area contributed by atoms with Gasteiger partial charge in [-0.15, -0.1) is 0 Å². The fourth-order valence-corrected chi connectivity index (χ4v) is 3.89. The van der Waals surface area contributed by atoms with Gasteiger partial charge in [0, 0.05) is 19.1 Å². The van der Waals surface area contributed by atoms with E-state index in [9.17, 15) is 9.59 Å². The molecular weight excluding hydrogens is 316 g/mol. The maximum absolute atomic E-state index is 12.6. The van der Waals surface area contributed by atoms with Crippen molar-refractivity contribution in [1.29, 1.82) is 0 Å². The minimum Gasteiger partial charge on any atom is -0.452 e. The van der Waals surface area contributed by atoms with E-state index in [1.165, 1.54) is 0 Å². The first-order valence-corrected chi connectivity index (χ1v) is 9.32. The van der Waals surface area contributed by atoms with E-state index >= 15 is 0 Å². The van der Waals surface area contributed by atoms with E-state index < -0.39 is 5.97 Å². The van der Waals surface area contributed by atoms with Gasteiger partial charge in [-0.3, -0.25) is 4.79 Å². The lowest BCUT2D eigenvalue weighted by Gasteiger charge is -2.33. The van der Waals surface area contributed by atoms with Gasteiger partial charge >= 0.3 is 5.97 Å². The number of carbonyl (C=O) groups is 2. The number of hydrogen-bond acceptors (Lipinski definition) is 4. The molecule has 1 aromatic carbocycles. The Balaban J connectivity index is 1.70. The van der Waals surface area contributed by atoms with Crippen molar-refractivity contribution in [3.63, 3.8) is 0 Å². The van der Waals surface area contributed by atoms with Gasteiger partial charge in [0.05, 0.1) is 11.3 Å². The number of amides is 1. The molecule has 0 bridgehead atoms. The van der Waals surface area contributed by atoms with Crippen molar-refractivity contribution in [2.45, 2.75) is 58.4 Å². The Morgan fingerprint density at radius 1 is 1.24 bits per heavy atom. The number of ether oxygens (including phenoxy) is 1. The Kier molecular flexibility index (Phi) is 5.30. The van der Waals surface area contributed by atoms with Gasteiger partial charge in [0.15, 0.2) is 6.61 Å². The molecule has 0 spiro atoms. The van der Waals surface area contributed by atoms with Gasteiger partial charge in [0.2, 0.25) is 0 Å². The van der Waals surface area contributed by atoms with Crippen molar-refractivity contribution in [1.82, 2.24) is 4.90 Å². The number of rotatable bonds is 3. The summed E-state index contributed by atoms with van der Waals surface area (Å²) in [5.74, 6) is -0.0958. The number of piperidine rings is 1. The molecule has 0 aliphatic carbocycles. The van der Waals surface area contributed by atoms with Crippen LogP contribution in [0.4, 0.5) is 5.69 Å². The maximum Gasteiger partial charge on any atom is 0.340 e. The van der Waals surface area contributed by atoms with Gasteiger partial charge in [-0.2, -0.15) is 0 Å². The topological polar surface area (TPSA) is 58.6 Å². The van der Waals surface area contributed by atoms with E-state index in [2.05, 4.69) is 25.2 Å². The quantitative estimate of drug-likeness (QED) is 0.853. The first kappa shape index (κ1) is 17.8. The molecule has 1 N–H and O–H groups in total. The highest BCUT2D eigenvalue weighted by molar-refractivity contribution is 5.98. The zero-order valence-corrected chi connectivity index (χ0v) is 15.4. The third-order valence-corrected chi connectivity index (χ3v) is 5.39. The zero-order chi connectivity index (χ0) is 18.0. The van der Waals surface area contributed by atoms with Crippen molar-refractivity contribution in [3.8, 4) is 0 Å². The number of benzene rings is 1. The average molecular weight is 344 g/mol. The molecule has 0 radical (unpaired) electrons. The van der Waals surface area contributed by atoms with Gasteiger partial charge in [-0.1, -0.05) is 13.0 Å². The second-order valence-corrected chi connectivity index (χ2v) is 7.40. The molecule has 0 saturated carbocycles. The summed E-state index contributed by atoms with van der Waals surface area (Å²) in [6, 6.07) is 4.21. The van der Waals surface area contributed by atoms with Crippen molar-refractivity contribution in [2.75, 3.05) is 25.0 Å². The number of hydrogen-bond donors (Lipinski definition) is 1. The summed E-state index contributed by atoms with van der Waals surface area (Å²) < 4.78 is 5.38. The Hall–Kier alpha value is -2.04. The standard InChI is InChI=1S/C20H28N2O3/c1-13-10-16-14(2)7-8-21-19(16)17(11-13)20(24)25-12-18(23)22-9-5-4-6-15(22)3/h10-11,14-15,21H,4-9,12H2,1-3H3/t14-,15-/m0/s1. The number of fused-ring (bicyclic) bond motifs is 1. The van der Waals surface area contributed by atoms with Crippen LogP contribution in [0.15, 0.2) is 12.1 Å². The van der Waals surface area contributed by atoms with Crippen LogP contribution in [-0.2, 0) is 9.53 Å². The number of aryl methyl sites for hydroxylation is 1.